The van der Waals surface area contributed by atoms with E-state index >= 15 is 0 Å². The van der Waals surface area contributed by atoms with Crippen molar-refractivity contribution < 1.29 is 14.3 Å². The monoisotopic (exact) mass is 422 g/mol. The molecule has 1 aliphatic rings. The zero-order valence-electron chi connectivity index (χ0n) is 16.9. The van der Waals surface area contributed by atoms with E-state index in [1.165, 1.54) is 18.9 Å². The van der Waals surface area contributed by atoms with Crippen molar-refractivity contribution in [2.45, 2.75) is 25.0 Å². The lowest BCUT2D eigenvalue weighted by atomic mass is 9.91. The molecule has 7 nitrogen and oxygen atoms in total. The number of H-pyrrole nitrogens is 1. The van der Waals surface area contributed by atoms with E-state index in [0.717, 1.165) is 27.7 Å². The van der Waals surface area contributed by atoms with Gasteiger partial charge in [-0.05, 0) is 37.1 Å². The van der Waals surface area contributed by atoms with Crippen molar-refractivity contribution in [2.24, 2.45) is 0 Å². The topological polar surface area (TPSA) is 96.1 Å². The molecule has 0 spiro atoms. The zero-order valence-corrected chi connectivity index (χ0v) is 17.7. The molecule has 0 unspecified atom stereocenters. The van der Waals surface area contributed by atoms with Gasteiger partial charge in [0.25, 0.3) is 0 Å². The van der Waals surface area contributed by atoms with Crippen LogP contribution in [0.25, 0.3) is 11.0 Å². The summed E-state index contributed by atoms with van der Waals surface area (Å²) in [5, 5.41) is 6.37. The summed E-state index contributed by atoms with van der Waals surface area (Å²) in [6.07, 6.45) is 0. The van der Waals surface area contributed by atoms with Crippen LogP contribution in [-0.2, 0) is 9.53 Å². The lowest BCUT2D eigenvalue weighted by Crippen LogP contribution is -2.46. The number of carbonyl (C=O) groups is 2. The Balaban J connectivity index is 1.71. The van der Waals surface area contributed by atoms with Gasteiger partial charge in [-0.2, -0.15) is 0 Å². The molecule has 1 aromatic heterocycles. The minimum Gasteiger partial charge on any atom is -0.466 e. The predicted octanol–water partition coefficient (Wildman–Crippen LogP) is 3.75. The number of aromatic amines is 1. The van der Waals surface area contributed by atoms with E-state index in [0.29, 0.717) is 22.2 Å². The molecule has 3 aromatic rings. The molecule has 4 rings (SSSR count). The second kappa shape index (κ2) is 8.23. The Morgan fingerprint density at radius 3 is 2.77 bits per heavy atom. The maximum absolute atomic E-state index is 12.7. The third-order valence-corrected chi connectivity index (χ3v) is 5.93. The van der Waals surface area contributed by atoms with E-state index in [1.54, 1.807) is 0 Å². The summed E-state index contributed by atoms with van der Waals surface area (Å²) >= 11 is 1.42. The van der Waals surface area contributed by atoms with Crippen LogP contribution in [0.1, 0.15) is 22.7 Å². The first-order chi connectivity index (χ1) is 14.5. The number of hydrogen-bond donors (Lipinski definition) is 3. The highest BCUT2D eigenvalue weighted by Gasteiger charge is 2.34. The molecule has 0 bridgehead atoms. The second-order valence-corrected chi connectivity index (χ2v) is 8.09. The van der Waals surface area contributed by atoms with E-state index in [9.17, 15) is 9.59 Å². The minimum absolute atomic E-state index is 0.353. The Bertz CT molecular complexity index is 1140. The van der Waals surface area contributed by atoms with E-state index in [4.69, 9.17) is 4.74 Å². The average Bonchev–Trinajstić information content (AvgIpc) is 3.16. The van der Waals surface area contributed by atoms with E-state index in [1.807, 2.05) is 56.3 Å². The molecule has 0 fully saturated rings. The average molecular weight is 423 g/mol. The minimum atomic E-state index is -0.586. The Morgan fingerprint density at radius 1 is 1.20 bits per heavy atom. The number of aryl methyl sites for hydroxylation is 2. The number of urea groups is 1. The van der Waals surface area contributed by atoms with E-state index in [2.05, 4.69) is 20.6 Å². The molecule has 0 saturated heterocycles. The van der Waals surface area contributed by atoms with Crippen molar-refractivity contribution in [1.29, 1.82) is 0 Å². The Labute approximate surface area is 178 Å². The number of hydrogen-bond acceptors (Lipinski definition) is 5. The number of benzene rings is 2. The molecule has 0 radical (unpaired) electrons. The van der Waals surface area contributed by atoms with Crippen LogP contribution in [-0.4, -0.2) is 34.8 Å². The van der Waals surface area contributed by atoms with Crippen LogP contribution >= 0.6 is 11.8 Å². The number of nitrogens with zero attached hydrogens (tertiary/aromatic N) is 1. The molecular formula is C22H22N4O3S. The highest BCUT2D eigenvalue weighted by molar-refractivity contribution is 7.99. The maximum atomic E-state index is 12.7. The first-order valence-electron chi connectivity index (χ1n) is 9.50. The number of aromatic nitrogens is 2. The number of carbonyl (C=O) groups excluding carboxylic acids is 2. The van der Waals surface area contributed by atoms with E-state index < -0.39 is 12.0 Å². The van der Waals surface area contributed by atoms with Gasteiger partial charge in [-0.15, -0.1) is 0 Å². The summed E-state index contributed by atoms with van der Waals surface area (Å²) in [4.78, 5) is 32.9. The lowest BCUT2D eigenvalue weighted by molar-refractivity contribution is -0.136. The number of ether oxygens (including phenoxy) is 1. The van der Waals surface area contributed by atoms with Crippen LogP contribution in [0.4, 0.5) is 4.79 Å². The molecule has 0 saturated carbocycles. The molecule has 2 amide bonds. The molecule has 30 heavy (non-hydrogen) atoms. The molecule has 2 aromatic carbocycles. The fourth-order valence-electron chi connectivity index (χ4n) is 3.53. The highest BCUT2D eigenvalue weighted by Crippen LogP contribution is 2.32. The largest absolute Gasteiger partial charge is 0.466 e. The fraction of sp³-hybridized carbons (Fsp3) is 0.227. The molecule has 8 heteroatoms. The van der Waals surface area contributed by atoms with Gasteiger partial charge in [0.2, 0.25) is 0 Å². The Hall–Kier alpha value is -3.26. The predicted molar refractivity (Wildman–Crippen MR) is 116 cm³/mol. The summed E-state index contributed by atoms with van der Waals surface area (Å²) in [6, 6.07) is 12.8. The van der Waals surface area contributed by atoms with Crippen molar-refractivity contribution in [3.8, 4) is 0 Å². The number of fused-ring (bicyclic) bond motifs is 1. The number of imidazole rings is 1. The fourth-order valence-corrected chi connectivity index (χ4v) is 4.38. The van der Waals surface area contributed by atoms with Gasteiger partial charge in [-0.1, -0.05) is 47.7 Å². The smallest absolute Gasteiger partial charge is 0.338 e. The molecule has 2 heterocycles. The van der Waals surface area contributed by atoms with Crippen molar-refractivity contribution in [3.05, 3.63) is 70.4 Å². The molecular weight excluding hydrogens is 400 g/mol. The zero-order chi connectivity index (χ0) is 21.3. The Morgan fingerprint density at radius 2 is 2.00 bits per heavy atom. The van der Waals surface area contributed by atoms with E-state index in [-0.39, 0.29) is 6.03 Å². The number of esters is 1. The first-order valence-corrected chi connectivity index (χ1v) is 10.5. The molecule has 154 valence electrons. The van der Waals surface area contributed by atoms with Gasteiger partial charge in [0.15, 0.2) is 5.16 Å². The highest BCUT2D eigenvalue weighted by atomic mass is 32.2. The summed E-state index contributed by atoms with van der Waals surface area (Å²) in [5.41, 5.74) is 5.62. The van der Waals surface area contributed by atoms with Gasteiger partial charge in [0.05, 0.1) is 29.8 Å². The number of methoxy groups -OCH3 is 1. The van der Waals surface area contributed by atoms with Crippen molar-refractivity contribution in [3.63, 3.8) is 0 Å². The van der Waals surface area contributed by atoms with Crippen LogP contribution in [0.2, 0.25) is 0 Å². The quantitative estimate of drug-likeness (QED) is 0.430. The normalized spacial score (nSPS) is 16.4. The van der Waals surface area contributed by atoms with Gasteiger partial charge < -0.3 is 20.4 Å². The van der Waals surface area contributed by atoms with Gasteiger partial charge in [0.1, 0.15) is 0 Å². The lowest BCUT2D eigenvalue weighted by Gasteiger charge is -2.30. The number of rotatable bonds is 5. The third kappa shape index (κ3) is 3.91. The molecule has 1 aliphatic heterocycles. The van der Waals surface area contributed by atoms with Crippen molar-refractivity contribution in [1.82, 2.24) is 20.6 Å². The van der Waals surface area contributed by atoms with Gasteiger partial charge in [-0.3, -0.25) is 0 Å². The van der Waals surface area contributed by atoms with Gasteiger partial charge >= 0.3 is 12.0 Å². The van der Waals surface area contributed by atoms with Crippen molar-refractivity contribution >= 4 is 34.8 Å². The maximum Gasteiger partial charge on any atom is 0.338 e. The molecule has 3 N–H and O–H groups in total. The van der Waals surface area contributed by atoms with Crippen LogP contribution in [0, 0.1) is 13.8 Å². The van der Waals surface area contributed by atoms with Gasteiger partial charge in [-0.25, -0.2) is 14.6 Å². The summed E-state index contributed by atoms with van der Waals surface area (Å²) in [5.74, 6) is -0.118. The van der Waals surface area contributed by atoms with Crippen LogP contribution in [0.15, 0.2) is 58.9 Å². The Kier molecular flexibility index (Phi) is 5.50. The molecule has 1 atom stereocenters. The van der Waals surface area contributed by atoms with Crippen LogP contribution in [0.5, 0.6) is 0 Å². The number of para-hydroxylation sites is 2. The first kappa shape index (κ1) is 20.0. The molecule has 0 aliphatic carbocycles. The summed E-state index contributed by atoms with van der Waals surface area (Å²) < 4.78 is 5.06. The number of thioether (sulfide) groups is 1. The third-order valence-electron chi connectivity index (χ3n) is 5.03. The van der Waals surface area contributed by atoms with Crippen LogP contribution in [0.3, 0.4) is 0 Å². The summed E-state index contributed by atoms with van der Waals surface area (Å²) in [6.45, 7) is 3.94. The second-order valence-electron chi connectivity index (χ2n) is 7.12. The summed E-state index contributed by atoms with van der Waals surface area (Å²) in [7, 11) is 1.34. The van der Waals surface area contributed by atoms with Crippen LogP contribution < -0.4 is 10.6 Å². The van der Waals surface area contributed by atoms with Gasteiger partial charge in [0, 0.05) is 11.4 Å². The standard InChI is InChI=1S/C22H22N4O3S/c1-12-8-9-13(2)14(10-12)19-18(20(27)29-3)17(23-21(28)26-19)11-30-22-24-15-6-4-5-7-16(15)25-22/h4-10,19H,11H2,1-3H3,(H,24,25)(H2,23,26,28)/t19-/m1/s1. The van der Waals surface area contributed by atoms with Crippen molar-refractivity contribution in [2.75, 3.05) is 12.9 Å². The number of amides is 2. The SMILES string of the molecule is COC(=O)C1=C(CSc2nc3ccccc3[nH]2)NC(=O)N[C@@H]1c1cc(C)ccc1C. The number of nitrogens with one attached hydrogen (secondary N) is 3.